The van der Waals surface area contributed by atoms with E-state index in [4.69, 9.17) is 25.9 Å². The number of ether oxygens (including phenoxy) is 1. The van der Waals surface area contributed by atoms with E-state index in [1.165, 1.54) is 0 Å². The summed E-state index contributed by atoms with van der Waals surface area (Å²) in [5, 5.41) is 9.84. The van der Waals surface area contributed by atoms with Crippen molar-refractivity contribution in [3.63, 3.8) is 0 Å². The molecule has 0 spiro atoms. The zero-order chi connectivity index (χ0) is 19.0. The van der Waals surface area contributed by atoms with Gasteiger partial charge in [0.2, 0.25) is 0 Å². The van der Waals surface area contributed by atoms with E-state index in [0.717, 1.165) is 11.1 Å². The average Bonchev–Trinajstić information content (AvgIpc) is 3.03. The molecule has 1 N–H and O–H groups in total. The van der Waals surface area contributed by atoms with Crippen LogP contribution in [-0.2, 0) is 11.2 Å². The number of aliphatic carboxylic acids is 1. The lowest BCUT2D eigenvalue weighted by molar-refractivity contribution is -0.139. The summed E-state index contributed by atoms with van der Waals surface area (Å²) in [6.45, 7) is -0.458. The number of allylic oxidation sites excluding steroid dienone is 1. The van der Waals surface area contributed by atoms with Gasteiger partial charge >= 0.3 is 5.97 Å². The smallest absolute Gasteiger partial charge is 0.341 e. The SMILES string of the molecule is O=C(O)COc1ccc2c(=O)c3c(oc2c1)C(=Cc1cccc(Cl)c1)CC3. The van der Waals surface area contributed by atoms with Crippen LogP contribution in [0.5, 0.6) is 5.75 Å². The van der Waals surface area contributed by atoms with Gasteiger partial charge in [-0.2, -0.15) is 0 Å². The zero-order valence-corrected chi connectivity index (χ0v) is 15.0. The molecule has 5 nitrogen and oxygen atoms in total. The molecule has 0 saturated carbocycles. The molecule has 0 aliphatic heterocycles. The van der Waals surface area contributed by atoms with Crippen molar-refractivity contribution in [1.82, 2.24) is 0 Å². The molecule has 1 aliphatic carbocycles. The molecular weight excluding hydrogens is 368 g/mol. The van der Waals surface area contributed by atoms with E-state index < -0.39 is 12.6 Å². The van der Waals surface area contributed by atoms with Gasteiger partial charge in [-0.25, -0.2) is 4.79 Å². The summed E-state index contributed by atoms with van der Waals surface area (Å²) < 4.78 is 11.2. The number of benzene rings is 2. The second-order valence-electron chi connectivity index (χ2n) is 6.30. The number of rotatable bonds is 4. The van der Waals surface area contributed by atoms with Crippen molar-refractivity contribution in [1.29, 1.82) is 0 Å². The Hall–Kier alpha value is -3.05. The van der Waals surface area contributed by atoms with E-state index in [-0.39, 0.29) is 5.43 Å². The summed E-state index contributed by atoms with van der Waals surface area (Å²) in [6, 6.07) is 12.2. The van der Waals surface area contributed by atoms with Crippen molar-refractivity contribution in [3.8, 4) is 5.75 Å². The van der Waals surface area contributed by atoms with Crippen molar-refractivity contribution in [2.75, 3.05) is 6.61 Å². The van der Waals surface area contributed by atoms with E-state index >= 15 is 0 Å². The predicted molar refractivity (Wildman–Crippen MR) is 103 cm³/mol. The Morgan fingerprint density at radius 3 is 2.85 bits per heavy atom. The van der Waals surface area contributed by atoms with Crippen LogP contribution in [0.25, 0.3) is 22.6 Å². The summed E-state index contributed by atoms with van der Waals surface area (Å²) in [7, 11) is 0. The Balaban J connectivity index is 1.79. The summed E-state index contributed by atoms with van der Waals surface area (Å²) in [5.41, 5.74) is 2.84. The number of carboxylic acid groups (broad SMARTS) is 1. The number of halogens is 1. The van der Waals surface area contributed by atoms with Crippen LogP contribution in [-0.4, -0.2) is 17.7 Å². The molecule has 0 atom stereocenters. The highest BCUT2D eigenvalue weighted by Crippen LogP contribution is 2.35. The Morgan fingerprint density at radius 1 is 1.22 bits per heavy atom. The fourth-order valence-corrected chi connectivity index (χ4v) is 3.44. The van der Waals surface area contributed by atoms with Crippen molar-refractivity contribution >= 4 is 40.2 Å². The zero-order valence-electron chi connectivity index (χ0n) is 14.2. The maximum absolute atomic E-state index is 12.8. The lowest BCUT2D eigenvalue weighted by Crippen LogP contribution is -2.10. The van der Waals surface area contributed by atoms with Gasteiger partial charge in [0.1, 0.15) is 17.1 Å². The second-order valence-corrected chi connectivity index (χ2v) is 6.74. The van der Waals surface area contributed by atoms with E-state index in [9.17, 15) is 9.59 Å². The molecule has 0 amide bonds. The van der Waals surface area contributed by atoms with Gasteiger partial charge in [-0.05, 0) is 54.3 Å². The molecule has 1 aliphatic rings. The fraction of sp³-hybridized carbons (Fsp3) is 0.143. The average molecular weight is 383 g/mol. The highest BCUT2D eigenvalue weighted by molar-refractivity contribution is 6.30. The molecule has 0 unspecified atom stereocenters. The van der Waals surface area contributed by atoms with Crippen molar-refractivity contribution in [3.05, 3.63) is 74.6 Å². The van der Waals surface area contributed by atoms with Gasteiger partial charge in [-0.15, -0.1) is 0 Å². The molecule has 0 bridgehead atoms. The van der Waals surface area contributed by atoms with E-state index in [1.807, 2.05) is 24.3 Å². The van der Waals surface area contributed by atoms with Gasteiger partial charge in [-0.1, -0.05) is 23.7 Å². The van der Waals surface area contributed by atoms with E-state index in [2.05, 4.69) is 0 Å². The van der Waals surface area contributed by atoms with Crippen LogP contribution in [0.4, 0.5) is 0 Å². The molecule has 27 heavy (non-hydrogen) atoms. The van der Waals surface area contributed by atoms with Gasteiger partial charge in [0, 0.05) is 16.7 Å². The minimum absolute atomic E-state index is 0.0643. The fourth-order valence-electron chi connectivity index (χ4n) is 3.24. The van der Waals surface area contributed by atoms with E-state index in [0.29, 0.717) is 45.9 Å². The number of carbonyl (C=O) groups is 1. The molecular formula is C21H15ClO5. The van der Waals surface area contributed by atoms with Gasteiger partial charge < -0.3 is 14.3 Å². The highest BCUT2D eigenvalue weighted by Gasteiger charge is 2.24. The molecule has 1 aromatic heterocycles. The number of carboxylic acids is 1. The minimum Gasteiger partial charge on any atom is -0.482 e. The molecule has 1 heterocycles. The summed E-state index contributed by atoms with van der Waals surface area (Å²) in [5.74, 6) is -0.161. The normalized spacial score (nSPS) is 14.5. The third-order valence-electron chi connectivity index (χ3n) is 4.45. The van der Waals surface area contributed by atoms with Crippen LogP contribution in [0.3, 0.4) is 0 Å². The van der Waals surface area contributed by atoms with Crippen molar-refractivity contribution < 1.29 is 19.1 Å². The molecule has 6 heteroatoms. The second kappa shape index (κ2) is 6.93. The first-order valence-corrected chi connectivity index (χ1v) is 8.80. The van der Waals surface area contributed by atoms with Gasteiger partial charge in [-0.3, -0.25) is 4.79 Å². The highest BCUT2D eigenvalue weighted by atomic mass is 35.5. The van der Waals surface area contributed by atoms with Crippen LogP contribution in [0.15, 0.2) is 51.7 Å². The number of hydrogen-bond donors (Lipinski definition) is 1. The maximum Gasteiger partial charge on any atom is 0.341 e. The Labute approximate surface area is 159 Å². The first-order valence-electron chi connectivity index (χ1n) is 8.42. The largest absolute Gasteiger partial charge is 0.482 e. The quantitative estimate of drug-likeness (QED) is 0.723. The Bertz CT molecular complexity index is 1140. The molecule has 136 valence electrons. The molecule has 2 aromatic carbocycles. The van der Waals surface area contributed by atoms with Gasteiger partial charge in [0.05, 0.1) is 5.39 Å². The van der Waals surface area contributed by atoms with Crippen molar-refractivity contribution in [2.45, 2.75) is 12.8 Å². The third kappa shape index (κ3) is 3.46. The topological polar surface area (TPSA) is 76.7 Å². The predicted octanol–water partition coefficient (Wildman–Crippen LogP) is 4.40. The molecule has 0 saturated heterocycles. The third-order valence-corrected chi connectivity index (χ3v) is 4.68. The summed E-state index contributed by atoms with van der Waals surface area (Å²) >= 11 is 6.04. The number of fused-ring (bicyclic) bond motifs is 2. The van der Waals surface area contributed by atoms with Crippen LogP contribution in [0.1, 0.15) is 23.3 Å². The standard InChI is InChI=1S/C21H15ClO5/c22-14-3-1-2-12(9-14)8-13-4-6-17-20(25)16-7-5-15(26-11-19(23)24)10-18(16)27-21(13)17/h1-3,5,7-10H,4,6,11H2,(H,23,24). The summed E-state index contributed by atoms with van der Waals surface area (Å²) in [4.78, 5) is 23.5. The first-order chi connectivity index (χ1) is 13.0. The van der Waals surface area contributed by atoms with Crippen LogP contribution < -0.4 is 10.2 Å². The maximum atomic E-state index is 12.8. The lowest BCUT2D eigenvalue weighted by atomic mass is 10.1. The van der Waals surface area contributed by atoms with Crippen LogP contribution in [0, 0.1) is 0 Å². The molecule has 0 radical (unpaired) electrons. The summed E-state index contributed by atoms with van der Waals surface area (Å²) in [6.07, 6.45) is 3.30. The number of hydrogen-bond acceptors (Lipinski definition) is 4. The van der Waals surface area contributed by atoms with Gasteiger partial charge in [0.15, 0.2) is 12.0 Å². The van der Waals surface area contributed by atoms with Crippen LogP contribution >= 0.6 is 11.6 Å². The van der Waals surface area contributed by atoms with Crippen LogP contribution in [0.2, 0.25) is 5.02 Å². The first kappa shape index (κ1) is 17.4. The molecule has 3 aromatic rings. The monoisotopic (exact) mass is 382 g/mol. The Kier molecular flexibility index (Phi) is 4.46. The molecule has 4 rings (SSSR count). The Morgan fingerprint density at radius 2 is 2.07 bits per heavy atom. The van der Waals surface area contributed by atoms with Crippen molar-refractivity contribution in [2.24, 2.45) is 0 Å². The minimum atomic E-state index is -1.07. The lowest BCUT2D eigenvalue weighted by Gasteiger charge is -2.07. The van der Waals surface area contributed by atoms with Gasteiger partial charge in [0.25, 0.3) is 0 Å². The molecule has 0 fully saturated rings. The van der Waals surface area contributed by atoms with E-state index in [1.54, 1.807) is 24.3 Å².